The summed E-state index contributed by atoms with van der Waals surface area (Å²) in [6.07, 6.45) is 3.21. The highest BCUT2D eigenvalue weighted by Crippen LogP contribution is 2.21. The number of hydrogen-bond donors (Lipinski definition) is 1. The maximum absolute atomic E-state index is 9.12. The lowest BCUT2D eigenvalue weighted by Gasteiger charge is -2.09. The summed E-state index contributed by atoms with van der Waals surface area (Å²) in [5.74, 6) is 1.06. The summed E-state index contributed by atoms with van der Waals surface area (Å²) in [6.45, 7) is 0.960. The van der Waals surface area contributed by atoms with E-state index in [2.05, 4.69) is 11.1 Å². The van der Waals surface area contributed by atoms with Crippen molar-refractivity contribution >= 4 is 5.82 Å². The molecule has 0 radical (unpaired) electrons. The second-order valence-corrected chi connectivity index (χ2v) is 3.84. The number of nitrogens with two attached hydrogens (primary N) is 1. The number of hydrogen-bond acceptors (Lipinski definition) is 5. The molecule has 19 heavy (non-hydrogen) atoms. The number of nitriles is 1. The number of rotatable bonds is 5. The van der Waals surface area contributed by atoms with Gasteiger partial charge in [0.1, 0.15) is 30.6 Å². The molecule has 0 unspecified atom stereocenters. The molecule has 0 atom stereocenters. The van der Waals surface area contributed by atoms with E-state index in [1.54, 1.807) is 42.4 Å². The Morgan fingerprint density at radius 3 is 2.89 bits per heavy atom. The molecule has 0 amide bonds. The van der Waals surface area contributed by atoms with Crippen molar-refractivity contribution in [3.05, 3.63) is 36.3 Å². The SMILES string of the molecule is COCCOc1ccc(C#N)c(-n2cnc(N)c2)c1. The van der Waals surface area contributed by atoms with Gasteiger partial charge in [-0.2, -0.15) is 5.26 Å². The predicted molar refractivity (Wildman–Crippen MR) is 70.1 cm³/mol. The molecule has 6 nitrogen and oxygen atoms in total. The van der Waals surface area contributed by atoms with E-state index in [0.717, 1.165) is 0 Å². The van der Waals surface area contributed by atoms with Gasteiger partial charge in [0.15, 0.2) is 0 Å². The van der Waals surface area contributed by atoms with Crippen LogP contribution in [0.2, 0.25) is 0 Å². The monoisotopic (exact) mass is 258 g/mol. The summed E-state index contributed by atoms with van der Waals surface area (Å²) >= 11 is 0. The normalized spacial score (nSPS) is 10.1. The average Bonchev–Trinajstić information content (AvgIpc) is 2.85. The molecule has 6 heteroatoms. The van der Waals surface area contributed by atoms with Crippen molar-refractivity contribution in [3.63, 3.8) is 0 Å². The van der Waals surface area contributed by atoms with E-state index in [-0.39, 0.29) is 0 Å². The van der Waals surface area contributed by atoms with Gasteiger partial charge in [0.25, 0.3) is 0 Å². The largest absolute Gasteiger partial charge is 0.491 e. The van der Waals surface area contributed by atoms with Crippen LogP contribution in [0.3, 0.4) is 0 Å². The molecular formula is C13H14N4O2. The van der Waals surface area contributed by atoms with Crippen LogP contribution in [-0.4, -0.2) is 29.9 Å². The van der Waals surface area contributed by atoms with Gasteiger partial charge in [-0.15, -0.1) is 0 Å². The Kier molecular flexibility index (Phi) is 4.00. The van der Waals surface area contributed by atoms with Gasteiger partial charge < -0.3 is 19.8 Å². The molecule has 0 saturated heterocycles. The van der Waals surface area contributed by atoms with Crippen LogP contribution in [-0.2, 0) is 4.74 Å². The van der Waals surface area contributed by atoms with Crippen LogP contribution in [0.25, 0.3) is 5.69 Å². The number of imidazole rings is 1. The number of benzene rings is 1. The second-order valence-electron chi connectivity index (χ2n) is 3.84. The molecule has 1 heterocycles. The highest BCUT2D eigenvalue weighted by molar-refractivity contribution is 5.53. The van der Waals surface area contributed by atoms with Gasteiger partial charge in [0.05, 0.1) is 24.1 Å². The summed E-state index contributed by atoms with van der Waals surface area (Å²) < 4.78 is 12.1. The Morgan fingerprint density at radius 2 is 2.26 bits per heavy atom. The van der Waals surface area contributed by atoms with Crippen molar-refractivity contribution in [2.45, 2.75) is 0 Å². The number of methoxy groups -OCH3 is 1. The molecule has 0 aliphatic carbocycles. The molecule has 0 fully saturated rings. The Bertz CT molecular complexity index is 601. The van der Waals surface area contributed by atoms with Crippen LogP contribution < -0.4 is 10.5 Å². The first-order valence-corrected chi connectivity index (χ1v) is 5.70. The average molecular weight is 258 g/mol. The summed E-state index contributed by atoms with van der Waals surface area (Å²) in [6, 6.07) is 7.35. The lowest BCUT2D eigenvalue weighted by atomic mass is 10.2. The Labute approximate surface area is 111 Å². The summed E-state index contributed by atoms with van der Waals surface area (Å²) in [5.41, 5.74) is 6.79. The van der Waals surface area contributed by atoms with Crippen molar-refractivity contribution in [2.75, 3.05) is 26.1 Å². The zero-order chi connectivity index (χ0) is 13.7. The van der Waals surface area contributed by atoms with Crippen molar-refractivity contribution in [1.29, 1.82) is 5.26 Å². The van der Waals surface area contributed by atoms with Gasteiger partial charge in [-0.25, -0.2) is 4.98 Å². The highest BCUT2D eigenvalue weighted by atomic mass is 16.5. The summed E-state index contributed by atoms with van der Waals surface area (Å²) in [5, 5.41) is 9.12. The first-order chi connectivity index (χ1) is 9.24. The number of aromatic nitrogens is 2. The Hall–Kier alpha value is -2.52. The number of anilines is 1. The van der Waals surface area contributed by atoms with E-state index in [9.17, 15) is 0 Å². The third kappa shape index (κ3) is 3.03. The smallest absolute Gasteiger partial charge is 0.141 e. The van der Waals surface area contributed by atoms with Crippen LogP contribution in [0.5, 0.6) is 5.75 Å². The molecule has 0 spiro atoms. The van der Waals surface area contributed by atoms with Gasteiger partial charge in [0, 0.05) is 13.2 Å². The molecule has 1 aromatic heterocycles. The maximum Gasteiger partial charge on any atom is 0.141 e. The number of nitrogens with zero attached hydrogens (tertiary/aromatic N) is 3. The molecule has 0 aliphatic heterocycles. The van der Waals surface area contributed by atoms with Crippen molar-refractivity contribution in [3.8, 4) is 17.5 Å². The molecule has 0 saturated carbocycles. The zero-order valence-corrected chi connectivity index (χ0v) is 10.5. The third-order valence-corrected chi connectivity index (χ3v) is 2.53. The van der Waals surface area contributed by atoms with Gasteiger partial charge in [-0.3, -0.25) is 0 Å². The number of nitrogen functional groups attached to an aromatic ring is 1. The summed E-state index contributed by atoms with van der Waals surface area (Å²) in [7, 11) is 1.61. The quantitative estimate of drug-likeness (QED) is 0.818. The van der Waals surface area contributed by atoms with Crippen molar-refractivity contribution < 1.29 is 9.47 Å². The van der Waals surface area contributed by atoms with Gasteiger partial charge in [-0.1, -0.05) is 0 Å². The van der Waals surface area contributed by atoms with E-state index in [1.807, 2.05) is 0 Å². The molecule has 2 aromatic rings. The van der Waals surface area contributed by atoms with Crippen LogP contribution in [0, 0.1) is 11.3 Å². The maximum atomic E-state index is 9.12. The van der Waals surface area contributed by atoms with Gasteiger partial charge in [0.2, 0.25) is 0 Å². The fourth-order valence-corrected chi connectivity index (χ4v) is 1.62. The minimum Gasteiger partial charge on any atom is -0.491 e. The predicted octanol–water partition coefficient (Wildman–Crippen LogP) is 1.35. The Balaban J connectivity index is 2.29. The third-order valence-electron chi connectivity index (χ3n) is 2.53. The lowest BCUT2D eigenvalue weighted by Crippen LogP contribution is -2.05. The first kappa shape index (κ1) is 12.9. The van der Waals surface area contributed by atoms with Crippen LogP contribution >= 0.6 is 0 Å². The van der Waals surface area contributed by atoms with Crippen molar-refractivity contribution in [2.24, 2.45) is 0 Å². The van der Waals surface area contributed by atoms with Crippen LogP contribution in [0.4, 0.5) is 5.82 Å². The number of ether oxygens (including phenoxy) is 2. The molecule has 0 aliphatic rings. The Morgan fingerprint density at radius 1 is 1.42 bits per heavy atom. The fraction of sp³-hybridized carbons (Fsp3) is 0.231. The first-order valence-electron chi connectivity index (χ1n) is 5.70. The molecule has 98 valence electrons. The minimum absolute atomic E-state index is 0.398. The molecule has 2 rings (SSSR count). The standard InChI is InChI=1S/C13H14N4O2/c1-18-4-5-19-11-3-2-10(7-14)12(6-11)17-8-13(15)16-9-17/h2-3,6,8-9H,4-5,15H2,1H3. The second kappa shape index (κ2) is 5.89. The molecule has 0 bridgehead atoms. The zero-order valence-electron chi connectivity index (χ0n) is 10.5. The van der Waals surface area contributed by atoms with Gasteiger partial charge in [-0.05, 0) is 12.1 Å². The minimum atomic E-state index is 0.398. The van der Waals surface area contributed by atoms with E-state index in [1.165, 1.54) is 0 Å². The van der Waals surface area contributed by atoms with E-state index in [4.69, 9.17) is 20.5 Å². The molecule has 1 aromatic carbocycles. The summed E-state index contributed by atoms with van der Waals surface area (Å²) in [4.78, 5) is 3.94. The lowest BCUT2D eigenvalue weighted by molar-refractivity contribution is 0.146. The van der Waals surface area contributed by atoms with E-state index >= 15 is 0 Å². The molecular weight excluding hydrogens is 244 g/mol. The van der Waals surface area contributed by atoms with E-state index < -0.39 is 0 Å². The van der Waals surface area contributed by atoms with E-state index in [0.29, 0.717) is 36.0 Å². The topological polar surface area (TPSA) is 86.1 Å². The van der Waals surface area contributed by atoms with Crippen LogP contribution in [0.1, 0.15) is 5.56 Å². The van der Waals surface area contributed by atoms with Crippen molar-refractivity contribution in [1.82, 2.24) is 9.55 Å². The van der Waals surface area contributed by atoms with Crippen LogP contribution in [0.15, 0.2) is 30.7 Å². The highest BCUT2D eigenvalue weighted by Gasteiger charge is 2.07. The fourth-order valence-electron chi connectivity index (χ4n) is 1.62. The molecule has 2 N–H and O–H groups in total. The van der Waals surface area contributed by atoms with Gasteiger partial charge >= 0.3 is 0 Å².